The van der Waals surface area contributed by atoms with Gasteiger partial charge in [-0.05, 0) is 65.7 Å². The molecular weight excluding hydrogens is 640 g/mol. The fourth-order valence-corrected chi connectivity index (χ4v) is 11.5. The number of nitrogens with one attached hydrogen (secondary N) is 1. The summed E-state index contributed by atoms with van der Waals surface area (Å²) in [7, 11) is 6.13. The first-order chi connectivity index (χ1) is 24.9. The maximum atomic E-state index is 5.92. The second-order valence-electron chi connectivity index (χ2n) is 14.2. The van der Waals surface area contributed by atoms with E-state index in [0.29, 0.717) is 18.4 Å². The molecule has 254 valence electrons. The Morgan fingerprint density at radius 1 is 0.706 bits per heavy atom. The van der Waals surface area contributed by atoms with Crippen LogP contribution in [-0.4, -0.2) is 38.5 Å². The molecule has 0 bridgehead atoms. The molecule has 0 saturated heterocycles. The number of allylic oxidation sites excluding steroid dienone is 5. The van der Waals surface area contributed by atoms with Crippen LogP contribution in [0.4, 0.5) is 11.4 Å². The maximum Gasteiger partial charge on any atom is 0.199 e. The molecule has 1 saturated carbocycles. The van der Waals surface area contributed by atoms with E-state index in [2.05, 4.69) is 195 Å². The molecular formula is C46H46N4P+. The van der Waals surface area contributed by atoms with Gasteiger partial charge in [-0.3, -0.25) is 4.74 Å². The lowest BCUT2D eigenvalue weighted by molar-refractivity contribution is -0.462. The molecule has 3 aliphatic rings. The first-order valence-electron chi connectivity index (χ1n) is 18.1. The summed E-state index contributed by atoms with van der Waals surface area (Å²) in [6, 6.07) is 48.5. The Morgan fingerprint density at radius 3 is 1.86 bits per heavy atom. The highest BCUT2D eigenvalue weighted by atomic mass is 31.2. The smallest absolute Gasteiger partial charge is 0.199 e. The van der Waals surface area contributed by atoms with E-state index < -0.39 is 7.05 Å². The van der Waals surface area contributed by atoms with E-state index in [-0.39, 0.29) is 0 Å². The standard InChI is InChI=1S/C46H45N4P/c1-49(2)34-24-26-41-43(30-34)39-28-29-40(39)44-31-35(50(3)4)25-27-42(44)46(41)47-32-33-16-14-15-23-45(33)48-51(36-17-8-5-9-18-36,37-19-10-6-11-20-37)38-21-12-7-13-22-38/h5-27,30-31,39-40H,28-29,32H2,1-4H3/p+1. The van der Waals surface area contributed by atoms with Gasteiger partial charge < -0.3 is 10.2 Å². The van der Waals surface area contributed by atoms with Crippen LogP contribution in [0, 0.1) is 5.92 Å². The summed E-state index contributed by atoms with van der Waals surface area (Å²) in [5.74, 6) is 1.04. The Balaban J connectivity index is 1.29. The van der Waals surface area contributed by atoms with Gasteiger partial charge in [-0.25, -0.2) is 4.58 Å². The Hall–Kier alpha value is -5.18. The van der Waals surface area contributed by atoms with Crippen molar-refractivity contribution >= 4 is 45.8 Å². The minimum atomic E-state index is -2.43. The third kappa shape index (κ3) is 6.02. The fraction of sp³-hybridized carbons (Fsp3) is 0.196. The molecule has 0 spiro atoms. The molecule has 4 nitrogen and oxygen atoms in total. The number of benzene rings is 5. The predicted octanol–water partition coefficient (Wildman–Crippen LogP) is 8.78. The van der Waals surface area contributed by atoms with Crippen molar-refractivity contribution in [3.05, 3.63) is 180 Å². The lowest BCUT2D eigenvalue weighted by atomic mass is 9.65. The van der Waals surface area contributed by atoms with Gasteiger partial charge in [0.1, 0.15) is 14.1 Å². The molecule has 0 aromatic heterocycles. The SMILES string of the molecule is CN(C)c1ccc2c(c1)C1CCC1C1=CC(=[N+](C)C)C=CC1=C2NCc1ccccc1N=P(c1ccccc1)(c1ccccc1)c1ccccc1. The molecule has 1 fully saturated rings. The quantitative estimate of drug-likeness (QED) is 0.131. The highest BCUT2D eigenvalue weighted by Crippen LogP contribution is 2.55. The van der Waals surface area contributed by atoms with Gasteiger partial charge in [0.2, 0.25) is 0 Å². The molecule has 1 N–H and O–H groups in total. The van der Waals surface area contributed by atoms with Crippen LogP contribution >= 0.6 is 7.05 Å². The lowest BCUT2D eigenvalue weighted by Crippen LogP contribution is -2.27. The molecule has 5 aromatic rings. The second kappa shape index (κ2) is 13.9. The van der Waals surface area contributed by atoms with Gasteiger partial charge in [0.25, 0.3) is 0 Å². The van der Waals surface area contributed by atoms with Gasteiger partial charge in [-0.2, -0.15) is 0 Å². The topological polar surface area (TPSA) is 30.6 Å². The Labute approximate surface area is 303 Å². The Bertz CT molecular complexity index is 2160. The summed E-state index contributed by atoms with van der Waals surface area (Å²) in [6.45, 7) is 0.659. The molecule has 5 heteroatoms. The van der Waals surface area contributed by atoms with Crippen LogP contribution in [0.25, 0.3) is 5.70 Å². The summed E-state index contributed by atoms with van der Waals surface area (Å²) in [4.78, 5) is 2.22. The van der Waals surface area contributed by atoms with Crippen LogP contribution in [0.1, 0.15) is 35.4 Å². The van der Waals surface area contributed by atoms with Crippen molar-refractivity contribution in [1.29, 1.82) is 0 Å². The van der Waals surface area contributed by atoms with Crippen LogP contribution in [0.3, 0.4) is 0 Å². The van der Waals surface area contributed by atoms with Gasteiger partial charge in [0.05, 0.1) is 12.7 Å². The normalized spacial score (nSPS) is 17.6. The minimum Gasteiger partial charge on any atom is -0.380 e. The number of hydrogen-bond donors (Lipinski definition) is 1. The van der Waals surface area contributed by atoms with E-state index in [4.69, 9.17) is 4.74 Å². The van der Waals surface area contributed by atoms with Crippen LogP contribution in [0.15, 0.2) is 168 Å². The highest BCUT2D eigenvalue weighted by Gasteiger charge is 2.41. The Kier molecular flexibility index (Phi) is 8.96. The van der Waals surface area contributed by atoms with Crippen molar-refractivity contribution in [1.82, 2.24) is 5.32 Å². The van der Waals surface area contributed by atoms with E-state index in [1.54, 1.807) is 0 Å². The third-order valence-electron chi connectivity index (χ3n) is 10.8. The van der Waals surface area contributed by atoms with Crippen LogP contribution in [0.2, 0.25) is 0 Å². The van der Waals surface area contributed by atoms with E-state index in [9.17, 15) is 0 Å². The monoisotopic (exact) mass is 685 g/mol. The van der Waals surface area contributed by atoms with Gasteiger partial charge in [-0.15, -0.1) is 0 Å². The van der Waals surface area contributed by atoms with Crippen LogP contribution in [0.5, 0.6) is 0 Å². The molecule has 0 heterocycles. The van der Waals surface area contributed by atoms with E-state index >= 15 is 0 Å². The second-order valence-corrected chi connectivity index (χ2v) is 17.2. The van der Waals surface area contributed by atoms with Crippen molar-refractivity contribution in [3.63, 3.8) is 0 Å². The first kappa shape index (κ1) is 33.0. The molecule has 2 unspecified atom stereocenters. The van der Waals surface area contributed by atoms with Crippen LogP contribution in [-0.2, 0) is 6.54 Å². The van der Waals surface area contributed by atoms with Crippen LogP contribution < -0.4 is 26.1 Å². The highest BCUT2D eigenvalue weighted by molar-refractivity contribution is 7.87. The van der Waals surface area contributed by atoms with Crippen molar-refractivity contribution in [2.75, 3.05) is 33.1 Å². The Morgan fingerprint density at radius 2 is 1.29 bits per heavy atom. The summed E-state index contributed by atoms with van der Waals surface area (Å²) < 4.78 is 8.14. The summed E-state index contributed by atoms with van der Waals surface area (Å²) in [5, 5.41) is 7.78. The predicted molar refractivity (Wildman–Crippen MR) is 218 cm³/mol. The fourth-order valence-electron chi connectivity index (χ4n) is 7.96. The average Bonchev–Trinajstić information content (AvgIpc) is 3.22. The third-order valence-corrected chi connectivity index (χ3v) is 14.5. The molecule has 3 aliphatic carbocycles. The average molecular weight is 686 g/mol. The number of rotatable bonds is 8. The zero-order valence-corrected chi connectivity index (χ0v) is 30.9. The molecule has 0 amide bonds. The van der Waals surface area contributed by atoms with Gasteiger partial charge in [0, 0.05) is 71.2 Å². The van der Waals surface area contributed by atoms with E-state index in [1.807, 2.05) is 0 Å². The number of nitrogens with zero attached hydrogens (tertiary/aromatic N) is 3. The summed E-state index contributed by atoms with van der Waals surface area (Å²) in [6.07, 6.45) is 9.51. The van der Waals surface area contributed by atoms with Gasteiger partial charge in [-0.1, -0.05) is 115 Å². The number of anilines is 1. The molecule has 51 heavy (non-hydrogen) atoms. The summed E-state index contributed by atoms with van der Waals surface area (Å²) in [5.41, 5.74) is 11.5. The molecule has 2 atom stereocenters. The van der Waals surface area contributed by atoms with E-state index in [1.165, 1.54) is 73.7 Å². The minimum absolute atomic E-state index is 0.519. The zero-order valence-electron chi connectivity index (χ0n) is 30.0. The van der Waals surface area contributed by atoms with Crippen molar-refractivity contribution in [3.8, 4) is 0 Å². The van der Waals surface area contributed by atoms with Gasteiger partial charge >= 0.3 is 0 Å². The summed E-state index contributed by atoms with van der Waals surface area (Å²) >= 11 is 0. The maximum absolute atomic E-state index is 5.92. The van der Waals surface area contributed by atoms with Crippen molar-refractivity contribution < 1.29 is 4.58 Å². The van der Waals surface area contributed by atoms with E-state index in [0.717, 1.165) is 5.69 Å². The van der Waals surface area contributed by atoms with Crippen molar-refractivity contribution in [2.24, 2.45) is 10.7 Å². The van der Waals surface area contributed by atoms with Crippen molar-refractivity contribution in [2.45, 2.75) is 25.3 Å². The number of hydrogen-bond acceptors (Lipinski definition) is 3. The molecule has 0 aliphatic heterocycles. The lowest BCUT2D eigenvalue weighted by Gasteiger charge is -2.39. The zero-order chi connectivity index (χ0) is 35.0. The first-order valence-corrected chi connectivity index (χ1v) is 19.8. The largest absolute Gasteiger partial charge is 0.380 e. The van der Waals surface area contributed by atoms with Gasteiger partial charge in [0.15, 0.2) is 5.71 Å². The molecule has 8 rings (SSSR count). The molecule has 5 aromatic carbocycles. The molecule has 0 radical (unpaired) electrons. The number of fused-ring (bicyclic) bond motifs is 5.